The molecule has 0 spiro atoms. The highest BCUT2D eigenvalue weighted by Crippen LogP contribution is 2.34. The summed E-state index contributed by atoms with van der Waals surface area (Å²) in [4.78, 5) is 12.1. The van der Waals surface area contributed by atoms with Gasteiger partial charge in [0, 0.05) is 18.5 Å². The summed E-state index contributed by atoms with van der Waals surface area (Å²) in [5.74, 6) is 0.0330. The lowest BCUT2D eigenvalue weighted by Gasteiger charge is -2.13. The van der Waals surface area contributed by atoms with E-state index in [1.165, 1.54) is 18.2 Å². The summed E-state index contributed by atoms with van der Waals surface area (Å²) < 4.78 is 40.8. The topological polar surface area (TPSA) is 59.8 Å². The van der Waals surface area contributed by atoms with Crippen LogP contribution in [0.1, 0.15) is 17.0 Å². The van der Waals surface area contributed by atoms with Gasteiger partial charge in [-0.15, -0.1) is 10.2 Å². The van der Waals surface area contributed by atoms with Gasteiger partial charge in [-0.1, -0.05) is 47.6 Å². The van der Waals surface area contributed by atoms with Crippen LogP contribution in [0, 0.1) is 0 Å². The van der Waals surface area contributed by atoms with Crippen LogP contribution in [0.2, 0.25) is 5.02 Å². The maximum atomic E-state index is 13.0. The highest BCUT2D eigenvalue weighted by Gasteiger charge is 2.33. The third-order valence-corrected chi connectivity index (χ3v) is 5.31. The number of benzene rings is 2. The Kier molecular flexibility index (Phi) is 6.49. The van der Waals surface area contributed by atoms with E-state index in [1.807, 2.05) is 12.1 Å². The third-order valence-electron chi connectivity index (χ3n) is 4.04. The Labute approximate surface area is 174 Å². The van der Waals surface area contributed by atoms with E-state index in [4.69, 9.17) is 11.6 Å². The number of carbonyl (C=O) groups is 1. The molecule has 0 aliphatic carbocycles. The molecule has 0 radical (unpaired) electrons. The summed E-state index contributed by atoms with van der Waals surface area (Å²) in [7, 11) is 1.77. The van der Waals surface area contributed by atoms with Crippen molar-refractivity contribution in [2.24, 2.45) is 7.05 Å². The van der Waals surface area contributed by atoms with Gasteiger partial charge in [0.2, 0.25) is 5.91 Å². The second-order valence-corrected chi connectivity index (χ2v) is 7.52. The lowest BCUT2D eigenvalue weighted by Crippen LogP contribution is -2.18. The lowest BCUT2D eigenvalue weighted by atomic mass is 10.1. The summed E-state index contributed by atoms with van der Waals surface area (Å²) >= 11 is 6.97. The Morgan fingerprint density at radius 3 is 2.52 bits per heavy atom. The van der Waals surface area contributed by atoms with Crippen molar-refractivity contribution in [3.8, 4) is 0 Å². The Morgan fingerprint density at radius 2 is 1.83 bits per heavy atom. The Morgan fingerprint density at radius 1 is 1.14 bits per heavy atom. The molecular weight excluding hydrogens is 425 g/mol. The van der Waals surface area contributed by atoms with Crippen molar-refractivity contribution in [3.63, 3.8) is 0 Å². The van der Waals surface area contributed by atoms with Crippen molar-refractivity contribution in [2.45, 2.75) is 17.8 Å². The van der Waals surface area contributed by atoms with Crippen molar-refractivity contribution >= 4 is 35.0 Å². The molecule has 0 saturated heterocycles. The zero-order valence-electron chi connectivity index (χ0n) is 15.2. The van der Waals surface area contributed by atoms with Crippen molar-refractivity contribution in [1.82, 2.24) is 14.8 Å². The number of hydrogen-bond donors (Lipinski definition) is 1. The van der Waals surface area contributed by atoms with Crippen LogP contribution in [-0.4, -0.2) is 26.4 Å². The number of nitrogens with one attached hydrogen (secondary N) is 1. The van der Waals surface area contributed by atoms with E-state index in [0.29, 0.717) is 22.4 Å². The molecule has 0 aliphatic rings. The molecule has 0 saturated carbocycles. The number of thioether (sulfide) groups is 1. The molecule has 0 unspecified atom stereocenters. The van der Waals surface area contributed by atoms with Gasteiger partial charge in [0.1, 0.15) is 5.82 Å². The molecule has 1 N–H and O–H groups in total. The van der Waals surface area contributed by atoms with Gasteiger partial charge in [0.15, 0.2) is 5.16 Å². The molecule has 0 bridgehead atoms. The molecule has 1 amide bonds. The van der Waals surface area contributed by atoms with Crippen molar-refractivity contribution < 1.29 is 18.0 Å². The Balaban J connectivity index is 1.61. The van der Waals surface area contributed by atoms with E-state index < -0.39 is 17.6 Å². The minimum atomic E-state index is -4.54. The normalized spacial score (nSPS) is 11.5. The van der Waals surface area contributed by atoms with Gasteiger partial charge >= 0.3 is 6.18 Å². The number of amides is 1. The Hall–Kier alpha value is -2.52. The molecule has 0 aliphatic heterocycles. The minimum absolute atomic E-state index is 0.0981. The second-order valence-electron chi connectivity index (χ2n) is 6.14. The van der Waals surface area contributed by atoms with Crippen LogP contribution in [-0.2, 0) is 24.4 Å². The number of rotatable bonds is 6. The summed E-state index contributed by atoms with van der Waals surface area (Å²) in [6.07, 6.45) is -4.01. The van der Waals surface area contributed by atoms with Gasteiger partial charge in [-0.3, -0.25) is 4.79 Å². The number of alkyl halides is 3. The number of aromatic nitrogens is 3. The monoisotopic (exact) mass is 440 g/mol. The van der Waals surface area contributed by atoms with E-state index in [9.17, 15) is 18.0 Å². The maximum absolute atomic E-state index is 13.0. The molecule has 29 heavy (non-hydrogen) atoms. The molecule has 1 heterocycles. The maximum Gasteiger partial charge on any atom is 0.418 e. The average molecular weight is 441 g/mol. The molecule has 3 rings (SSSR count). The van der Waals surface area contributed by atoms with Gasteiger partial charge in [0.25, 0.3) is 0 Å². The molecule has 3 aromatic rings. The first-order valence-electron chi connectivity index (χ1n) is 8.45. The van der Waals surface area contributed by atoms with Crippen LogP contribution in [0.15, 0.2) is 53.7 Å². The SMILES string of the molecule is Cn1c(Cc2ccc(Cl)cc2)nnc1SCC(=O)Nc1ccccc1C(F)(F)F. The largest absolute Gasteiger partial charge is 0.418 e. The summed E-state index contributed by atoms with van der Waals surface area (Å²) in [6, 6.07) is 12.2. The number of halogens is 4. The number of nitrogens with zero attached hydrogens (tertiary/aromatic N) is 3. The fourth-order valence-corrected chi connectivity index (χ4v) is 3.42. The van der Waals surface area contributed by atoms with Gasteiger partial charge in [-0.25, -0.2) is 0 Å². The number of hydrogen-bond acceptors (Lipinski definition) is 4. The lowest BCUT2D eigenvalue weighted by molar-refractivity contribution is -0.137. The second kappa shape index (κ2) is 8.87. The molecule has 152 valence electrons. The first-order valence-corrected chi connectivity index (χ1v) is 9.82. The van der Waals surface area contributed by atoms with Crippen LogP contribution in [0.4, 0.5) is 18.9 Å². The molecular formula is C19H16ClF3N4OS. The predicted molar refractivity (Wildman–Crippen MR) is 106 cm³/mol. The zero-order valence-corrected chi connectivity index (χ0v) is 16.8. The average Bonchev–Trinajstić information content (AvgIpc) is 3.01. The zero-order chi connectivity index (χ0) is 21.0. The van der Waals surface area contributed by atoms with Crippen LogP contribution < -0.4 is 5.32 Å². The first kappa shape index (κ1) is 21.2. The van der Waals surface area contributed by atoms with E-state index in [0.717, 1.165) is 23.4 Å². The van der Waals surface area contributed by atoms with Crippen LogP contribution >= 0.6 is 23.4 Å². The molecule has 1 aromatic heterocycles. The van der Waals surface area contributed by atoms with E-state index >= 15 is 0 Å². The first-order chi connectivity index (χ1) is 13.7. The van der Waals surface area contributed by atoms with E-state index in [2.05, 4.69) is 15.5 Å². The number of para-hydroxylation sites is 1. The van der Waals surface area contributed by atoms with Gasteiger partial charge in [-0.05, 0) is 29.8 Å². The molecule has 5 nitrogen and oxygen atoms in total. The number of carbonyl (C=O) groups excluding carboxylic acids is 1. The highest BCUT2D eigenvalue weighted by molar-refractivity contribution is 7.99. The van der Waals surface area contributed by atoms with Gasteiger partial charge in [-0.2, -0.15) is 13.2 Å². The smallest absolute Gasteiger partial charge is 0.325 e. The summed E-state index contributed by atoms with van der Waals surface area (Å²) in [6.45, 7) is 0. The van der Waals surface area contributed by atoms with Crippen LogP contribution in [0.5, 0.6) is 0 Å². The molecule has 2 aromatic carbocycles. The van der Waals surface area contributed by atoms with Crippen molar-refractivity contribution in [3.05, 3.63) is 70.5 Å². The molecule has 0 atom stereocenters. The van der Waals surface area contributed by atoms with Crippen LogP contribution in [0.3, 0.4) is 0 Å². The summed E-state index contributed by atoms with van der Waals surface area (Å²) in [5.41, 5.74) is -0.155. The predicted octanol–water partition coefficient (Wildman–Crippen LogP) is 4.81. The van der Waals surface area contributed by atoms with Crippen LogP contribution in [0.25, 0.3) is 0 Å². The van der Waals surface area contributed by atoms with Gasteiger partial charge in [0.05, 0.1) is 17.0 Å². The standard InChI is InChI=1S/C19H16ClF3N4OS/c1-27-16(10-12-6-8-13(20)9-7-12)25-26-18(27)29-11-17(28)24-15-5-3-2-4-14(15)19(21,22)23/h2-9H,10-11H2,1H3,(H,24,28). The quantitative estimate of drug-likeness (QED) is 0.559. The third kappa shape index (κ3) is 5.51. The highest BCUT2D eigenvalue weighted by atomic mass is 35.5. The van der Waals surface area contributed by atoms with E-state index in [1.54, 1.807) is 23.7 Å². The minimum Gasteiger partial charge on any atom is -0.325 e. The van der Waals surface area contributed by atoms with Crippen molar-refractivity contribution in [2.75, 3.05) is 11.1 Å². The molecule has 10 heteroatoms. The molecule has 0 fully saturated rings. The number of anilines is 1. The van der Waals surface area contributed by atoms with Crippen molar-refractivity contribution in [1.29, 1.82) is 0 Å². The van der Waals surface area contributed by atoms with Gasteiger partial charge < -0.3 is 9.88 Å². The Bertz CT molecular complexity index is 1010. The summed E-state index contributed by atoms with van der Waals surface area (Å²) in [5, 5.41) is 11.6. The fraction of sp³-hybridized carbons (Fsp3) is 0.211. The fourth-order valence-electron chi connectivity index (χ4n) is 2.57. The van der Waals surface area contributed by atoms with E-state index in [-0.39, 0.29) is 11.4 Å².